The van der Waals surface area contributed by atoms with Crippen LogP contribution in [0.5, 0.6) is 0 Å². The van der Waals surface area contributed by atoms with Crippen LogP contribution in [0, 0.1) is 0 Å². The van der Waals surface area contributed by atoms with E-state index in [1.807, 2.05) is 0 Å². The van der Waals surface area contributed by atoms with Gasteiger partial charge >= 0.3 is 6.18 Å². The summed E-state index contributed by atoms with van der Waals surface area (Å²) in [5.41, 5.74) is 0.370. The minimum Gasteiger partial charge on any atom is -0.296 e. The number of anilines is 1. The summed E-state index contributed by atoms with van der Waals surface area (Å²) in [6.45, 7) is 0. The summed E-state index contributed by atoms with van der Waals surface area (Å²) in [6.07, 6.45) is -4.35. The molecule has 0 atom stereocenters. The van der Waals surface area contributed by atoms with Crippen LogP contribution in [-0.2, 0) is 11.9 Å². The average molecular weight is 430 g/mol. The summed E-state index contributed by atoms with van der Waals surface area (Å²) >= 11 is 8.47. The molecule has 27 heavy (non-hydrogen) atoms. The van der Waals surface area contributed by atoms with Gasteiger partial charge in [-0.1, -0.05) is 59.0 Å². The molecule has 1 heterocycles. The Morgan fingerprint density at radius 3 is 2.48 bits per heavy atom. The normalized spacial score (nSPS) is 11.4. The van der Waals surface area contributed by atoms with Crippen molar-refractivity contribution in [1.29, 1.82) is 0 Å². The molecule has 0 bridgehead atoms. The Bertz CT molecular complexity index is 945. The molecule has 0 aliphatic heterocycles. The third-order valence-corrected chi connectivity index (χ3v) is 5.76. The zero-order chi connectivity index (χ0) is 19.4. The molecule has 3 rings (SSSR count). The zero-order valence-electron chi connectivity index (χ0n) is 13.5. The number of rotatable bonds is 5. The fourth-order valence-corrected chi connectivity index (χ4v) is 3.99. The van der Waals surface area contributed by atoms with Crippen LogP contribution in [0.25, 0.3) is 0 Å². The van der Waals surface area contributed by atoms with Crippen LogP contribution >= 0.6 is 34.7 Å². The third-order valence-electron chi connectivity index (χ3n) is 3.39. The first-order chi connectivity index (χ1) is 12.8. The first-order valence-corrected chi connectivity index (χ1v) is 9.69. The van der Waals surface area contributed by atoms with Gasteiger partial charge in [0.05, 0.1) is 16.1 Å². The van der Waals surface area contributed by atoms with Crippen molar-refractivity contribution in [3.05, 3.63) is 70.2 Å². The van der Waals surface area contributed by atoms with Gasteiger partial charge in [-0.15, -0.1) is 10.2 Å². The number of hydrogen-bond donors (Lipinski definition) is 1. The number of alkyl halides is 3. The van der Waals surface area contributed by atoms with E-state index in [-0.39, 0.29) is 0 Å². The van der Waals surface area contributed by atoms with Crippen molar-refractivity contribution >= 4 is 45.7 Å². The number of amides is 1. The number of benzene rings is 2. The van der Waals surface area contributed by atoms with Crippen LogP contribution in [-0.4, -0.2) is 16.1 Å². The van der Waals surface area contributed by atoms with Gasteiger partial charge in [0, 0.05) is 5.75 Å². The standard InChI is InChI=1S/C17H11ClF3N3OS2/c18-13-4-2-1-3-12(13)14(25)22-15-23-24-16(27-15)26-9-10-5-7-11(8-6-10)17(19,20)21/h1-8H,9H2,(H,22,23,25). The molecule has 2 aromatic carbocycles. The summed E-state index contributed by atoms with van der Waals surface area (Å²) in [5, 5.41) is 11.1. The highest BCUT2D eigenvalue weighted by Gasteiger charge is 2.29. The molecule has 0 saturated carbocycles. The van der Waals surface area contributed by atoms with E-state index in [9.17, 15) is 18.0 Å². The van der Waals surface area contributed by atoms with Gasteiger partial charge < -0.3 is 0 Å². The van der Waals surface area contributed by atoms with Crippen LogP contribution in [0.4, 0.5) is 18.3 Å². The molecule has 0 saturated heterocycles. The van der Waals surface area contributed by atoms with E-state index in [2.05, 4.69) is 15.5 Å². The van der Waals surface area contributed by atoms with Crippen molar-refractivity contribution < 1.29 is 18.0 Å². The smallest absolute Gasteiger partial charge is 0.296 e. The first kappa shape index (κ1) is 19.7. The quantitative estimate of drug-likeness (QED) is 0.414. The number of carbonyl (C=O) groups excluding carboxylic acids is 1. The van der Waals surface area contributed by atoms with Gasteiger partial charge in [0.25, 0.3) is 5.91 Å². The maximum atomic E-state index is 12.6. The average Bonchev–Trinajstić information content (AvgIpc) is 3.07. The number of halogens is 4. The SMILES string of the molecule is O=C(Nc1nnc(SCc2ccc(C(F)(F)F)cc2)s1)c1ccccc1Cl. The molecular formula is C17H11ClF3N3OS2. The number of thioether (sulfide) groups is 1. The first-order valence-electron chi connectivity index (χ1n) is 7.51. The minimum absolute atomic E-state index is 0.315. The predicted molar refractivity (Wildman–Crippen MR) is 100 cm³/mol. The lowest BCUT2D eigenvalue weighted by atomic mass is 10.1. The van der Waals surface area contributed by atoms with Gasteiger partial charge in [0.1, 0.15) is 0 Å². The van der Waals surface area contributed by atoms with E-state index >= 15 is 0 Å². The van der Waals surface area contributed by atoms with Crippen molar-refractivity contribution in [2.75, 3.05) is 5.32 Å². The molecule has 0 aliphatic rings. The Hall–Kier alpha value is -2.10. The Balaban J connectivity index is 1.58. The molecule has 10 heteroatoms. The van der Waals surface area contributed by atoms with Crippen LogP contribution in [0.2, 0.25) is 5.02 Å². The van der Waals surface area contributed by atoms with Crippen LogP contribution in [0.15, 0.2) is 52.9 Å². The summed E-state index contributed by atoms with van der Waals surface area (Å²) in [4.78, 5) is 12.2. The van der Waals surface area contributed by atoms with Gasteiger partial charge in [-0.25, -0.2) is 0 Å². The highest BCUT2D eigenvalue weighted by atomic mass is 35.5. The molecule has 0 radical (unpaired) electrons. The summed E-state index contributed by atoms with van der Waals surface area (Å²) in [6, 6.07) is 11.6. The molecule has 1 aromatic heterocycles. The number of carbonyl (C=O) groups is 1. The Morgan fingerprint density at radius 2 is 1.81 bits per heavy atom. The Morgan fingerprint density at radius 1 is 1.11 bits per heavy atom. The molecule has 1 amide bonds. The second-order valence-electron chi connectivity index (χ2n) is 5.29. The summed E-state index contributed by atoms with van der Waals surface area (Å²) in [5.74, 6) is 0.0432. The van der Waals surface area contributed by atoms with E-state index in [0.717, 1.165) is 17.7 Å². The molecule has 0 unspecified atom stereocenters. The molecule has 0 spiro atoms. The largest absolute Gasteiger partial charge is 0.416 e. The second kappa shape index (κ2) is 8.28. The molecule has 3 aromatic rings. The maximum absolute atomic E-state index is 12.6. The van der Waals surface area contributed by atoms with E-state index in [1.54, 1.807) is 24.3 Å². The van der Waals surface area contributed by atoms with Crippen molar-refractivity contribution in [2.24, 2.45) is 0 Å². The fraction of sp³-hybridized carbons (Fsp3) is 0.118. The van der Waals surface area contributed by atoms with Gasteiger partial charge in [-0.3, -0.25) is 10.1 Å². The Labute approximate surface area is 165 Å². The van der Waals surface area contributed by atoms with Crippen molar-refractivity contribution in [2.45, 2.75) is 16.3 Å². The zero-order valence-corrected chi connectivity index (χ0v) is 15.8. The van der Waals surface area contributed by atoms with E-state index in [1.165, 1.54) is 35.2 Å². The number of hydrogen-bond acceptors (Lipinski definition) is 5. The molecule has 1 N–H and O–H groups in total. The molecular weight excluding hydrogens is 419 g/mol. The van der Waals surface area contributed by atoms with Crippen molar-refractivity contribution in [3.63, 3.8) is 0 Å². The number of nitrogens with one attached hydrogen (secondary N) is 1. The van der Waals surface area contributed by atoms with Gasteiger partial charge in [-0.05, 0) is 29.8 Å². The molecule has 140 valence electrons. The predicted octanol–water partition coefficient (Wildman–Crippen LogP) is 5.75. The van der Waals surface area contributed by atoms with Gasteiger partial charge in [-0.2, -0.15) is 13.2 Å². The van der Waals surface area contributed by atoms with E-state index in [4.69, 9.17) is 11.6 Å². The summed E-state index contributed by atoms with van der Waals surface area (Å²) < 4.78 is 38.3. The molecule has 4 nitrogen and oxygen atoms in total. The lowest BCUT2D eigenvalue weighted by Gasteiger charge is -2.06. The van der Waals surface area contributed by atoms with Crippen LogP contribution in [0.3, 0.4) is 0 Å². The van der Waals surface area contributed by atoms with E-state index in [0.29, 0.717) is 25.8 Å². The van der Waals surface area contributed by atoms with E-state index < -0.39 is 17.6 Å². The monoisotopic (exact) mass is 429 g/mol. The second-order valence-corrected chi connectivity index (χ2v) is 7.90. The van der Waals surface area contributed by atoms with Gasteiger partial charge in [0.15, 0.2) is 4.34 Å². The maximum Gasteiger partial charge on any atom is 0.416 e. The molecule has 0 aliphatic carbocycles. The number of aromatic nitrogens is 2. The summed E-state index contributed by atoms with van der Waals surface area (Å²) in [7, 11) is 0. The third kappa shape index (κ3) is 5.21. The number of nitrogens with zero attached hydrogens (tertiary/aromatic N) is 2. The Kier molecular flexibility index (Phi) is 6.03. The topological polar surface area (TPSA) is 54.9 Å². The lowest BCUT2D eigenvalue weighted by Crippen LogP contribution is -2.12. The van der Waals surface area contributed by atoms with Gasteiger partial charge in [0.2, 0.25) is 5.13 Å². The van der Waals surface area contributed by atoms with Crippen molar-refractivity contribution in [1.82, 2.24) is 10.2 Å². The molecule has 0 fully saturated rings. The van der Waals surface area contributed by atoms with Crippen LogP contribution in [0.1, 0.15) is 21.5 Å². The highest BCUT2D eigenvalue weighted by molar-refractivity contribution is 8.00. The van der Waals surface area contributed by atoms with Crippen molar-refractivity contribution in [3.8, 4) is 0 Å². The minimum atomic E-state index is -4.35. The van der Waals surface area contributed by atoms with Crippen LogP contribution < -0.4 is 5.32 Å². The lowest BCUT2D eigenvalue weighted by molar-refractivity contribution is -0.137. The highest BCUT2D eigenvalue weighted by Crippen LogP contribution is 2.32. The fourth-order valence-electron chi connectivity index (χ4n) is 2.06.